The minimum atomic E-state index is -3.37. The van der Waals surface area contributed by atoms with Gasteiger partial charge in [-0.25, -0.2) is 13.4 Å². The summed E-state index contributed by atoms with van der Waals surface area (Å²) in [4.78, 5) is 4.03. The molecule has 2 rings (SSSR count). The van der Waals surface area contributed by atoms with E-state index in [9.17, 15) is 8.42 Å². The van der Waals surface area contributed by atoms with Crippen molar-refractivity contribution in [2.24, 2.45) is 0 Å². The van der Waals surface area contributed by atoms with Crippen molar-refractivity contribution in [3.63, 3.8) is 0 Å². The summed E-state index contributed by atoms with van der Waals surface area (Å²) in [6, 6.07) is 0.0902. The first-order chi connectivity index (χ1) is 8.51. The molecule has 0 bridgehead atoms. The summed E-state index contributed by atoms with van der Waals surface area (Å²) in [7, 11) is -1.69. The lowest BCUT2D eigenvalue weighted by Gasteiger charge is -2.25. The zero-order chi connectivity index (χ0) is 13.2. The van der Waals surface area contributed by atoms with Crippen LogP contribution >= 0.6 is 11.3 Å². The van der Waals surface area contributed by atoms with Gasteiger partial charge in [-0.3, -0.25) is 0 Å². The molecule has 0 aromatic carbocycles. The lowest BCUT2D eigenvalue weighted by Crippen LogP contribution is -2.37. The molecule has 0 spiro atoms. The maximum Gasteiger partial charge on any atom is 0.254 e. The Labute approximate surface area is 112 Å². The fourth-order valence-corrected chi connectivity index (χ4v) is 4.87. The Morgan fingerprint density at radius 1 is 1.44 bits per heavy atom. The van der Waals surface area contributed by atoms with Gasteiger partial charge in [0.2, 0.25) is 0 Å². The molecule has 1 unspecified atom stereocenters. The number of nitrogens with zero attached hydrogens (tertiary/aromatic N) is 2. The second-order valence-corrected chi connectivity index (χ2v) is 8.01. The van der Waals surface area contributed by atoms with Gasteiger partial charge in [-0.05, 0) is 39.3 Å². The third-order valence-corrected chi connectivity index (χ3v) is 6.55. The van der Waals surface area contributed by atoms with Gasteiger partial charge in [-0.15, -0.1) is 11.3 Å². The minimum Gasteiger partial charge on any atom is -0.317 e. The molecule has 2 heterocycles. The average molecular weight is 289 g/mol. The van der Waals surface area contributed by atoms with Crippen LogP contribution in [0.25, 0.3) is 0 Å². The predicted octanol–water partition coefficient (Wildman–Crippen LogP) is 1.21. The standard InChI is InChI=1S/C11H19N3O2S2/c1-9-13-8-11(17-9)18(15,16)14(2)10-4-3-6-12-7-5-10/h8,10,12H,3-7H2,1-2H3. The first-order valence-electron chi connectivity index (χ1n) is 6.13. The maximum absolute atomic E-state index is 12.4. The quantitative estimate of drug-likeness (QED) is 0.908. The molecule has 1 saturated heterocycles. The number of thiazole rings is 1. The highest BCUT2D eigenvalue weighted by atomic mass is 32.2. The average Bonchev–Trinajstić information content (AvgIpc) is 2.63. The second kappa shape index (κ2) is 5.64. The fourth-order valence-electron chi connectivity index (χ4n) is 2.16. The van der Waals surface area contributed by atoms with Crippen molar-refractivity contribution in [1.29, 1.82) is 0 Å². The third-order valence-electron chi connectivity index (χ3n) is 3.29. The van der Waals surface area contributed by atoms with Crippen molar-refractivity contribution >= 4 is 21.4 Å². The summed E-state index contributed by atoms with van der Waals surface area (Å²) in [5.41, 5.74) is 0. The molecule has 1 aromatic heterocycles. The summed E-state index contributed by atoms with van der Waals surface area (Å²) in [5.74, 6) is 0. The Kier molecular flexibility index (Phi) is 4.37. The molecule has 18 heavy (non-hydrogen) atoms. The summed E-state index contributed by atoms with van der Waals surface area (Å²) in [5, 5.41) is 4.08. The van der Waals surface area contributed by atoms with Gasteiger partial charge < -0.3 is 5.32 Å². The SMILES string of the molecule is Cc1ncc(S(=O)(=O)N(C)C2CCCNCC2)s1. The molecular weight excluding hydrogens is 270 g/mol. The Balaban J connectivity index is 2.18. The Morgan fingerprint density at radius 2 is 2.22 bits per heavy atom. The van der Waals surface area contributed by atoms with E-state index in [0.717, 1.165) is 37.4 Å². The summed E-state index contributed by atoms with van der Waals surface area (Å²) in [6.07, 6.45) is 4.26. The van der Waals surface area contributed by atoms with Crippen molar-refractivity contribution in [2.75, 3.05) is 20.1 Å². The zero-order valence-electron chi connectivity index (χ0n) is 10.7. The maximum atomic E-state index is 12.4. The fraction of sp³-hybridized carbons (Fsp3) is 0.727. The Bertz CT molecular complexity index is 490. The molecule has 1 N–H and O–H groups in total. The molecule has 1 aromatic rings. The van der Waals surface area contributed by atoms with Gasteiger partial charge in [0.25, 0.3) is 10.0 Å². The van der Waals surface area contributed by atoms with Gasteiger partial charge in [0.15, 0.2) is 4.21 Å². The molecule has 1 aliphatic rings. The van der Waals surface area contributed by atoms with E-state index in [2.05, 4.69) is 10.3 Å². The molecular formula is C11H19N3O2S2. The highest BCUT2D eigenvalue weighted by Crippen LogP contribution is 2.25. The lowest BCUT2D eigenvalue weighted by atomic mass is 10.1. The number of hydrogen-bond acceptors (Lipinski definition) is 5. The van der Waals surface area contributed by atoms with E-state index >= 15 is 0 Å². The van der Waals surface area contributed by atoms with Crippen LogP contribution in [0, 0.1) is 6.92 Å². The molecule has 0 amide bonds. The van der Waals surface area contributed by atoms with Crippen LogP contribution < -0.4 is 5.32 Å². The van der Waals surface area contributed by atoms with E-state index in [1.807, 2.05) is 6.92 Å². The third kappa shape index (κ3) is 2.90. The van der Waals surface area contributed by atoms with Crippen LogP contribution in [0.1, 0.15) is 24.3 Å². The van der Waals surface area contributed by atoms with E-state index in [1.54, 1.807) is 7.05 Å². The first kappa shape index (κ1) is 13.9. The van der Waals surface area contributed by atoms with Crippen LogP contribution in [-0.4, -0.2) is 43.9 Å². The van der Waals surface area contributed by atoms with E-state index in [1.165, 1.54) is 21.8 Å². The predicted molar refractivity (Wildman–Crippen MR) is 72.3 cm³/mol. The van der Waals surface area contributed by atoms with E-state index in [4.69, 9.17) is 0 Å². The van der Waals surface area contributed by atoms with Gasteiger partial charge in [0.05, 0.1) is 11.2 Å². The number of aryl methyl sites for hydroxylation is 1. The smallest absolute Gasteiger partial charge is 0.254 e. The molecule has 1 atom stereocenters. The molecule has 7 heteroatoms. The molecule has 0 radical (unpaired) electrons. The van der Waals surface area contributed by atoms with Crippen LogP contribution in [0.15, 0.2) is 10.4 Å². The van der Waals surface area contributed by atoms with Crippen LogP contribution in [-0.2, 0) is 10.0 Å². The number of aromatic nitrogens is 1. The number of hydrogen-bond donors (Lipinski definition) is 1. The van der Waals surface area contributed by atoms with Crippen molar-refractivity contribution < 1.29 is 8.42 Å². The van der Waals surface area contributed by atoms with Gasteiger partial charge in [-0.1, -0.05) is 0 Å². The van der Waals surface area contributed by atoms with Gasteiger partial charge >= 0.3 is 0 Å². The molecule has 0 aliphatic carbocycles. The molecule has 102 valence electrons. The summed E-state index contributed by atoms with van der Waals surface area (Å²) >= 11 is 1.24. The molecule has 5 nitrogen and oxygen atoms in total. The largest absolute Gasteiger partial charge is 0.317 e. The number of sulfonamides is 1. The van der Waals surface area contributed by atoms with Crippen molar-refractivity contribution in [2.45, 2.75) is 36.4 Å². The van der Waals surface area contributed by atoms with Crippen molar-refractivity contribution in [3.8, 4) is 0 Å². The summed E-state index contributed by atoms with van der Waals surface area (Å²) < 4.78 is 26.7. The van der Waals surface area contributed by atoms with E-state index in [0.29, 0.717) is 4.21 Å². The molecule has 0 saturated carbocycles. The number of nitrogens with one attached hydrogen (secondary N) is 1. The second-order valence-electron chi connectivity index (χ2n) is 4.55. The van der Waals surface area contributed by atoms with Gasteiger partial charge in [0, 0.05) is 13.1 Å². The van der Waals surface area contributed by atoms with Crippen molar-refractivity contribution in [1.82, 2.24) is 14.6 Å². The van der Waals surface area contributed by atoms with Crippen LogP contribution in [0.5, 0.6) is 0 Å². The highest BCUT2D eigenvalue weighted by Gasteiger charge is 2.29. The number of rotatable bonds is 3. The Hall–Kier alpha value is -0.500. The summed E-state index contributed by atoms with van der Waals surface area (Å²) in [6.45, 7) is 3.68. The topological polar surface area (TPSA) is 62.3 Å². The molecule has 1 aliphatic heterocycles. The van der Waals surface area contributed by atoms with E-state index < -0.39 is 10.0 Å². The van der Waals surface area contributed by atoms with Gasteiger partial charge in [-0.2, -0.15) is 4.31 Å². The normalized spacial score (nSPS) is 22.1. The Morgan fingerprint density at radius 3 is 2.89 bits per heavy atom. The first-order valence-corrected chi connectivity index (χ1v) is 8.38. The minimum absolute atomic E-state index is 0.0902. The highest BCUT2D eigenvalue weighted by molar-refractivity contribution is 7.91. The van der Waals surface area contributed by atoms with Crippen molar-refractivity contribution in [3.05, 3.63) is 11.2 Å². The van der Waals surface area contributed by atoms with Gasteiger partial charge in [0.1, 0.15) is 0 Å². The zero-order valence-corrected chi connectivity index (χ0v) is 12.4. The molecule has 1 fully saturated rings. The van der Waals surface area contributed by atoms with E-state index in [-0.39, 0.29) is 6.04 Å². The lowest BCUT2D eigenvalue weighted by molar-refractivity contribution is 0.342. The van der Waals surface area contributed by atoms with Crippen LogP contribution in [0.4, 0.5) is 0 Å². The monoisotopic (exact) mass is 289 g/mol. The van der Waals surface area contributed by atoms with Crippen LogP contribution in [0.2, 0.25) is 0 Å². The van der Waals surface area contributed by atoms with Crippen LogP contribution in [0.3, 0.4) is 0 Å².